The van der Waals surface area contributed by atoms with Gasteiger partial charge in [0.05, 0.1) is 6.54 Å². The van der Waals surface area contributed by atoms with Crippen molar-refractivity contribution < 1.29 is 9.59 Å². The molecule has 0 aromatic heterocycles. The average Bonchev–Trinajstić information content (AvgIpc) is 2.47. The average molecular weight is 333 g/mol. The van der Waals surface area contributed by atoms with Gasteiger partial charge in [0, 0.05) is 16.8 Å². The number of carbonyl (C=O) groups excluding carboxylic acids is 2. The first-order valence-electron chi connectivity index (χ1n) is 8.70. The Morgan fingerprint density at radius 2 is 1.54 bits per heavy atom. The molecule has 0 heterocycles. The van der Waals surface area contributed by atoms with E-state index in [-0.39, 0.29) is 11.8 Å². The zero-order valence-electron chi connectivity index (χ0n) is 15.6. The normalized spacial score (nSPS) is 11.4. The monoisotopic (exact) mass is 333 g/mol. The number of rotatable bonds is 8. The number of carbonyl (C=O) groups is 2. The summed E-state index contributed by atoms with van der Waals surface area (Å²) in [4.78, 5) is 26.4. The van der Waals surface area contributed by atoms with E-state index in [1.54, 1.807) is 6.07 Å². The van der Waals surface area contributed by atoms with Crippen molar-refractivity contribution in [3.63, 3.8) is 0 Å². The van der Waals surface area contributed by atoms with Gasteiger partial charge >= 0.3 is 0 Å². The summed E-state index contributed by atoms with van der Waals surface area (Å²) < 4.78 is 0. The lowest BCUT2D eigenvalue weighted by Crippen LogP contribution is -2.34. The van der Waals surface area contributed by atoms with E-state index >= 15 is 0 Å². The fourth-order valence-corrected chi connectivity index (χ4v) is 2.30. The van der Waals surface area contributed by atoms with Crippen LogP contribution < -0.4 is 10.6 Å². The van der Waals surface area contributed by atoms with Crippen LogP contribution in [0.15, 0.2) is 24.3 Å². The topological polar surface area (TPSA) is 61.4 Å². The van der Waals surface area contributed by atoms with Gasteiger partial charge in [-0.2, -0.15) is 0 Å². The van der Waals surface area contributed by atoms with Crippen LogP contribution in [0.5, 0.6) is 0 Å². The predicted octanol–water partition coefficient (Wildman–Crippen LogP) is 3.73. The van der Waals surface area contributed by atoms with Crippen molar-refractivity contribution in [3.05, 3.63) is 24.3 Å². The Kier molecular flexibility index (Phi) is 7.92. The maximum atomic E-state index is 12.2. The smallest absolute Gasteiger partial charge is 0.238 e. The van der Waals surface area contributed by atoms with E-state index in [9.17, 15) is 9.59 Å². The van der Waals surface area contributed by atoms with Crippen LogP contribution >= 0.6 is 0 Å². The van der Waals surface area contributed by atoms with Gasteiger partial charge < -0.3 is 10.6 Å². The maximum absolute atomic E-state index is 12.2. The summed E-state index contributed by atoms with van der Waals surface area (Å²) in [6.45, 7) is 12.0. The summed E-state index contributed by atoms with van der Waals surface area (Å²) >= 11 is 0. The molecule has 0 fully saturated rings. The van der Waals surface area contributed by atoms with Gasteiger partial charge in [-0.25, -0.2) is 0 Å². The highest BCUT2D eigenvalue weighted by molar-refractivity contribution is 5.96. The number of hydrogen-bond donors (Lipinski definition) is 2. The molecule has 134 valence electrons. The molecule has 1 aromatic carbocycles. The quantitative estimate of drug-likeness (QED) is 0.762. The number of benzene rings is 1. The van der Waals surface area contributed by atoms with Crippen LogP contribution in [-0.4, -0.2) is 36.3 Å². The molecule has 1 aromatic rings. The number of anilines is 2. The van der Waals surface area contributed by atoms with Gasteiger partial charge in [-0.15, -0.1) is 0 Å². The van der Waals surface area contributed by atoms with Gasteiger partial charge in [0.15, 0.2) is 0 Å². The van der Waals surface area contributed by atoms with E-state index in [2.05, 4.69) is 29.4 Å². The fraction of sp³-hybridized carbons (Fsp3) is 0.579. The third-order valence-corrected chi connectivity index (χ3v) is 3.53. The Morgan fingerprint density at radius 3 is 2.04 bits per heavy atom. The number of nitrogens with zero attached hydrogens (tertiary/aromatic N) is 1. The molecule has 0 aliphatic rings. The standard InChI is InChI=1S/C19H31N3O2/c1-6-11-22(12-7-2)14-17(23)20-15-9-8-10-16(13-15)21-18(24)19(3,4)5/h8-10,13H,6-7,11-12,14H2,1-5H3,(H,20,23)(H,21,24). The largest absolute Gasteiger partial charge is 0.326 e. The Bertz CT molecular complexity index is 544. The first-order chi connectivity index (χ1) is 11.3. The zero-order valence-corrected chi connectivity index (χ0v) is 15.6. The van der Waals surface area contributed by atoms with Crippen LogP contribution in [0, 0.1) is 5.41 Å². The van der Waals surface area contributed by atoms with Gasteiger partial charge in [-0.05, 0) is 44.1 Å². The van der Waals surface area contributed by atoms with Crippen molar-refractivity contribution in [2.24, 2.45) is 5.41 Å². The second-order valence-electron chi connectivity index (χ2n) is 7.11. The Morgan fingerprint density at radius 1 is 1.00 bits per heavy atom. The highest BCUT2D eigenvalue weighted by Gasteiger charge is 2.21. The highest BCUT2D eigenvalue weighted by atomic mass is 16.2. The molecule has 2 amide bonds. The summed E-state index contributed by atoms with van der Waals surface area (Å²) in [6, 6.07) is 7.25. The van der Waals surface area contributed by atoms with Gasteiger partial charge in [0.25, 0.3) is 0 Å². The van der Waals surface area contributed by atoms with Crippen LogP contribution in [0.1, 0.15) is 47.5 Å². The van der Waals surface area contributed by atoms with E-state index in [1.807, 2.05) is 39.0 Å². The third-order valence-electron chi connectivity index (χ3n) is 3.53. The van der Waals surface area contributed by atoms with Crippen molar-refractivity contribution in [3.8, 4) is 0 Å². The summed E-state index contributed by atoms with van der Waals surface area (Å²) in [5.41, 5.74) is 0.923. The number of amides is 2. The second-order valence-corrected chi connectivity index (χ2v) is 7.11. The zero-order chi connectivity index (χ0) is 18.2. The van der Waals surface area contributed by atoms with Crippen LogP contribution in [-0.2, 0) is 9.59 Å². The minimum atomic E-state index is -0.458. The lowest BCUT2D eigenvalue weighted by Gasteiger charge is -2.20. The predicted molar refractivity (Wildman–Crippen MR) is 100 cm³/mol. The molecule has 5 heteroatoms. The Hall–Kier alpha value is -1.88. The molecule has 1 rings (SSSR count). The Labute approximate surface area is 145 Å². The molecule has 0 radical (unpaired) electrons. The van der Waals surface area contributed by atoms with Crippen LogP contribution in [0.3, 0.4) is 0 Å². The number of hydrogen-bond acceptors (Lipinski definition) is 3. The SMILES string of the molecule is CCCN(CCC)CC(=O)Nc1cccc(NC(=O)C(C)(C)C)c1. The summed E-state index contributed by atoms with van der Waals surface area (Å²) in [7, 11) is 0. The van der Waals surface area contributed by atoms with Crippen LogP contribution in [0.4, 0.5) is 11.4 Å². The second kappa shape index (κ2) is 9.42. The molecule has 0 bridgehead atoms. The van der Waals surface area contributed by atoms with Crippen LogP contribution in [0.25, 0.3) is 0 Å². The minimum absolute atomic E-state index is 0.0313. The van der Waals surface area contributed by atoms with Gasteiger partial charge in [-0.1, -0.05) is 40.7 Å². The molecule has 0 spiro atoms. The molecular formula is C19H31N3O2. The molecule has 0 aliphatic carbocycles. The van der Waals surface area contributed by atoms with Crippen molar-refractivity contribution in [1.29, 1.82) is 0 Å². The molecule has 0 saturated carbocycles. The highest BCUT2D eigenvalue weighted by Crippen LogP contribution is 2.20. The molecular weight excluding hydrogens is 302 g/mol. The van der Waals surface area contributed by atoms with Gasteiger partial charge in [0.1, 0.15) is 0 Å². The fourth-order valence-electron chi connectivity index (χ4n) is 2.30. The van der Waals surface area contributed by atoms with E-state index < -0.39 is 5.41 Å². The third kappa shape index (κ3) is 7.13. The summed E-state index contributed by atoms with van der Waals surface area (Å²) in [5, 5.41) is 5.79. The van der Waals surface area contributed by atoms with E-state index in [0.29, 0.717) is 17.9 Å². The lowest BCUT2D eigenvalue weighted by atomic mass is 9.95. The molecule has 0 atom stereocenters. The molecule has 24 heavy (non-hydrogen) atoms. The molecule has 0 unspecified atom stereocenters. The van der Waals surface area contributed by atoms with Gasteiger partial charge in [-0.3, -0.25) is 14.5 Å². The van der Waals surface area contributed by atoms with E-state index in [4.69, 9.17) is 0 Å². The summed E-state index contributed by atoms with van der Waals surface area (Å²) in [6.07, 6.45) is 2.06. The van der Waals surface area contributed by atoms with Crippen molar-refractivity contribution in [2.45, 2.75) is 47.5 Å². The van der Waals surface area contributed by atoms with Crippen molar-refractivity contribution >= 4 is 23.2 Å². The first kappa shape index (κ1) is 20.2. The molecule has 0 aliphatic heterocycles. The van der Waals surface area contributed by atoms with Crippen molar-refractivity contribution in [2.75, 3.05) is 30.3 Å². The lowest BCUT2D eigenvalue weighted by molar-refractivity contribution is -0.123. The summed E-state index contributed by atoms with van der Waals surface area (Å²) in [5.74, 6) is -0.0840. The maximum Gasteiger partial charge on any atom is 0.238 e. The Balaban J connectivity index is 2.66. The van der Waals surface area contributed by atoms with E-state index in [1.165, 1.54) is 0 Å². The molecule has 5 nitrogen and oxygen atoms in total. The first-order valence-corrected chi connectivity index (χ1v) is 8.70. The van der Waals surface area contributed by atoms with E-state index in [0.717, 1.165) is 25.9 Å². The number of nitrogens with one attached hydrogen (secondary N) is 2. The minimum Gasteiger partial charge on any atom is -0.326 e. The van der Waals surface area contributed by atoms with Gasteiger partial charge in [0.2, 0.25) is 11.8 Å². The van der Waals surface area contributed by atoms with Crippen molar-refractivity contribution in [1.82, 2.24) is 4.90 Å². The molecule has 0 saturated heterocycles. The van der Waals surface area contributed by atoms with Crippen LogP contribution in [0.2, 0.25) is 0 Å². The molecule has 2 N–H and O–H groups in total.